The van der Waals surface area contributed by atoms with E-state index in [2.05, 4.69) is 34.8 Å². The maximum atomic E-state index is 12.9. The second kappa shape index (κ2) is 10.2. The van der Waals surface area contributed by atoms with Crippen molar-refractivity contribution >= 4 is 20.9 Å². The topological polar surface area (TPSA) is 62.0 Å². The average Bonchev–Trinajstić information content (AvgIpc) is 3.22. The van der Waals surface area contributed by atoms with Crippen LogP contribution in [0.15, 0.2) is 83.9 Å². The molecule has 0 atom stereocenters. The third-order valence-corrected chi connectivity index (χ3v) is 7.35. The summed E-state index contributed by atoms with van der Waals surface area (Å²) >= 11 is 0. The number of aromatic amines is 1. The fourth-order valence-corrected chi connectivity index (χ4v) is 5.06. The average molecular weight is 447 g/mol. The summed E-state index contributed by atoms with van der Waals surface area (Å²) in [5, 5.41) is 1.20. The number of hydrogen-bond acceptors (Lipinski definition) is 2. The molecule has 32 heavy (non-hydrogen) atoms. The first-order chi connectivity index (χ1) is 15.6. The Morgan fingerprint density at radius 1 is 0.812 bits per heavy atom. The largest absolute Gasteiger partial charge is 0.361 e. The molecule has 5 heteroatoms. The highest BCUT2D eigenvalue weighted by molar-refractivity contribution is 7.89. The van der Waals surface area contributed by atoms with Gasteiger partial charge in [-0.3, -0.25) is 0 Å². The summed E-state index contributed by atoms with van der Waals surface area (Å²) in [5.74, 6) is 0. The second-order valence-electron chi connectivity index (χ2n) is 8.23. The van der Waals surface area contributed by atoms with Crippen LogP contribution in [0.1, 0.15) is 48.4 Å². The van der Waals surface area contributed by atoms with Crippen molar-refractivity contribution in [2.24, 2.45) is 0 Å². The molecule has 4 rings (SSSR count). The third kappa shape index (κ3) is 5.29. The number of fused-ring (bicyclic) bond motifs is 1. The molecule has 166 valence electrons. The highest BCUT2D eigenvalue weighted by Gasteiger charge is 2.15. The molecule has 0 aliphatic rings. The highest BCUT2D eigenvalue weighted by atomic mass is 32.2. The van der Waals surface area contributed by atoms with Gasteiger partial charge in [0, 0.05) is 23.6 Å². The van der Waals surface area contributed by atoms with E-state index in [9.17, 15) is 8.42 Å². The molecule has 0 aliphatic carbocycles. The van der Waals surface area contributed by atoms with Gasteiger partial charge in [-0.15, -0.1) is 0 Å². The van der Waals surface area contributed by atoms with Crippen LogP contribution in [-0.2, 0) is 29.4 Å². The lowest BCUT2D eigenvalue weighted by Gasteiger charge is -2.12. The molecule has 0 aliphatic heterocycles. The van der Waals surface area contributed by atoms with Crippen LogP contribution in [0.25, 0.3) is 10.9 Å². The van der Waals surface area contributed by atoms with Crippen molar-refractivity contribution in [3.63, 3.8) is 0 Å². The minimum atomic E-state index is -3.57. The fraction of sp³-hybridized carbons (Fsp3) is 0.259. The van der Waals surface area contributed by atoms with Crippen molar-refractivity contribution in [1.82, 2.24) is 9.71 Å². The van der Waals surface area contributed by atoms with Crippen LogP contribution in [0, 0.1) is 0 Å². The number of hydrogen-bond donors (Lipinski definition) is 2. The van der Waals surface area contributed by atoms with Crippen molar-refractivity contribution in [2.75, 3.05) is 0 Å². The summed E-state index contributed by atoms with van der Waals surface area (Å²) in [5.41, 5.74) is 5.60. The number of rotatable bonds is 10. The van der Waals surface area contributed by atoms with Crippen LogP contribution in [0.3, 0.4) is 0 Å². The van der Waals surface area contributed by atoms with E-state index in [1.54, 1.807) is 12.1 Å². The Hall–Kier alpha value is -2.89. The Labute approximate surface area is 190 Å². The zero-order valence-corrected chi connectivity index (χ0v) is 19.3. The first-order valence-corrected chi connectivity index (χ1v) is 12.8. The van der Waals surface area contributed by atoms with Crippen molar-refractivity contribution in [1.29, 1.82) is 0 Å². The number of aryl methyl sites for hydroxylation is 1. The van der Waals surface area contributed by atoms with Gasteiger partial charge in [-0.25, -0.2) is 13.1 Å². The Morgan fingerprint density at radius 2 is 1.53 bits per heavy atom. The summed E-state index contributed by atoms with van der Waals surface area (Å²) in [6, 6.07) is 23.5. The normalized spacial score (nSPS) is 11.8. The SMILES string of the molecule is CCCCCc1ccc(S(=O)(=O)NCc2ccccc2Cc2c[nH]c3ccccc23)cc1. The van der Waals surface area contributed by atoms with Gasteiger partial charge in [0.15, 0.2) is 0 Å². The molecule has 0 bridgehead atoms. The molecule has 4 nitrogen and oxygen atoms in total. The Kier molecular flexibility index (Phi) is 7.08. The molecule has 4 aromatic rings. The number of aromatic nitrogens is 1. The van der Waals surface area contributed by atoms with Gasteiger partial charge in [0.1, 0.15) is 0 Å². The van der Waals surface area contributed by atoms with Gasteiger partial charge in [0.05, 0.1) is 4.90 Å². The zero-order chi connectivity index (χ0) is 22.4. The number of benzene rings is 3. The van der Waals surface area contributed by atoms with Crippen LogP contribution < -0.4 is 4.72 Å². The zero-order valence-electron chi connectivity index (χ0n) is 18.5. The smallest absolute Gasteiger partial charge is 0.240 e. The van der Waals surface area contributed by atoms with Gasteiger partial charge >= 0.3 is 0 Å². The fourth-order valence-electron chi connectivity index (χ4n) is 4.06. The number of nitrogens with one attached hydrogen (secondary N) is 2. The van der Waals surface area contributed by atoms with E-state index in [0.29, 0.717) is 4.90 Å². The maximum absolute atomic E-state index is 12.9. The molecule has 3 aromatic carbocycles. The lowest BCUT2D eigenvalue weighted by molar-refractivity contribution is 0.581. The molecule has 0 radical (unpaired) electrons. The first-order valence-electron chi connectivity index (χ1n) is 11.3. The van der Waals surface area contributed by atoms with Gasteiger partial charge in [0.2, 0.25) is 10.0 Å². The van der Waals surface area contributed by atoms with Crippen LogP contribution in [0.4, 0.5) is 0 Å². The predicted molar refractivity (Wildman–Crippen MR) is 131 cm³/mol. The Bertz CT molecular complexity index is 1270. The van der Waals surface area contributed by atoms with Crippen molar-refractivity contribution < 1.29 is 8.42 Å². The summed E-state index contributed by atoms with van der Waals surface area (Å²) in [4.78, 5) is 3.63. The van der Waals surface area contributed by atoms with E-state index < -0.39 is 10.0 Å². The minimum absolute atomic E-state index is 0.263. The molecule has 0 fully saturated rings. The van der Waals surface area contributed by atoms with Gasteiger partial charge in [0.25, 0.3) is 0 Å². The van der Waals surface area contributed by atoms with Crippen molar-refractivity contribution in [2.45, 2.75) is 50.5 Å². The molecule has 0 amide bonds. The maximum Gasteiger partial charge on any atom is 0.240 e. The Morgan fingerprint density at radius 3 is 2.31 bits per heavy atom. The molecule has 0 unspecified atom stereocenters. The third-order valence-electron chi connectivity index (χ3n) is 5.93. The molecule has 0 saturated heterocycles. The van der Waals surface area contributed by atoms with Crippen LogP contribution in [-0.4, -0.2) is 13.4 Å². The van der Waals surface area contributed by atoms with Crippen LogP contribution >= 0.6 is 0 Å². The van der Waals surface area contributed by atoms with E-state index in [-0.39, 0.29) is 6.54 Å². The van der Waals surface area contributed by atoms with E-state index in [1.165, 1.54) is 29.4 Å². The molecular weight excluding hydrogens is 416 g/mol. The predicted octanol–water partition coefficient (Wildman–Crippen LogP) is 5.97. The van der Waals surface area contributed by atoms with Crippen molar-refractivity contribution in [3.8, 4) is 0 Å². The molecule has 0 spiro atoms. The number of unbranched alkanes of at least 4 members (excludes halogenated alkanes) is 2. The van der Waals surface area contributed by atoms with Gasteiger partial charge in [-0.05, 0) is 59.7 Å². The van der Waals surface area contributed by atoms with E-state index in [4.69, 9.17) is 0 Å². The van der Waals surface area contributed by atoms with Gasteiger partial charge in [-0.2, -0.15) is 0 Å². The Balaban J connectivity index is 1.45. The van der Waals surface area contributed by atoms with E-state index >= 15 is 0 Å². The first kappa shape index (κ1) is 22.3. The number of H-pyrrole nitrogens is 1. The second-order valence-corrected chi connectivity index (χ2v) is 10.00. The minimum Gasteiger partial charge on any atom is -0.361 e. The summed E-state index contributed by atoms with van der Waals surface area (Å²) in [6.45, 7) is 2.44. The summed E-state index contributed by atoms with van der Waals surface area (Å²) < 4.78 is 28.5. The molecule has 1 aromatic heterocycles. The quantitative estimate of drug-likeness (QED) is 0.295. The lowest BCUT2D eigenvalue weighted by atomic mass is 9.99. The summed E-state index contributed by atoms with van der Waals surface area (Å²) in [7, 11) is -3.57. The lowest BCUT2D eigenvalue weighted by Crippen LogP contribution is -2.23. The monoisotopic (exact) mass is 446 g/mol. The number of para-hydroxylation sites is 1. The van der Waals surface area contributed by atoms with Gasteiger partial charge in [-0.1, -0.05) is 74.4 Å². The highest BCUT2D eigenvalue weighted by Crippen LogP contribution is 2.23. The standard InChI is InChI=1S/C27H30N2O2S/c1-2-3-4-9-21-14-16-25(17-15-21)32(30,31)29-20-23-11-6-5-10-22(23)18-24-19-28-27-13-8-7-12-26(24)27/h5-8,10-17,19,28-29H,2-4,9,18,20H2,1H3. The van der Waals surface area contributed by atoms with Crippen molar-refractivity contribution in [3.05, 3.63) is 101 Å². The summed E-state index contributed by atoms with van der Waals surface area (Å²) in [6.07, 6.45) is 7.27. The molecule has 1 heterocycles. The molecule has 0 saturated carbocycles. The number of sulfonamides is 1. The van der Waals surface area contributed by atoms with Gasteiger partial charge < -0.3 is 4.98 Å². The van der Waals surface area contributed by atoms with Crippen LogP contribution in [0.2, 0.25) is 0 Å². The molecule has 2 N–H and O–H groups in total. The van der Waals surface area contributed by atoms with E-state index in [1.807, 2.05) is 48.7 Å². The van der Waals surface area contributed by atoms with E-state index in [0.717, 1.165) is 35.9 Å². The van der Waals surface area contributed by atoms with Crippen LogP contribution in [0.5, 0.6) is 0 Å². The molecular formula is C27H30N2O2S.